The van der Waals surface area contributed by atoms with Crippen molar-refractivity contribution >= 4 is 5.82 Å². The van der Waals surface area contributed by atoms with E-state index in [0.29, 0.717) is 11.6 Å². The molecule has 2 aromatic rings. The van der Waals surface area contributed by atoms with Crippen LogP contribution in [0.2, 0.25) is 0 Å². The topological polar surface area (TPSA) is 47.0 Å². The van der Waals surface area contributed by atoms with Gasteiger partial charge in [0.25, 0.3) is 0 Å². The number of aryl methyl sites for hydroxylation is 1. The number of ether oxygens (including phenoxy) is 1. The van der Waals surface area contributed by atoms with Gasteiger partial charge < -0.3 is 10.1 Å². The van der Waals surface area contributed by atoms with Gasteiger partial charge in [0.15, 0.2) is 0 Å². The molecule has 0 unspecified atom stereocenters. The fourth-order valence-corrected chi connectivity index (χ4v) is 2.12. The summed E-state index contributed by atoms with van der Waals surface area (Å²) < 4.78 is 19.1. The second kappa shape index (κ2) is 6.52. The summed E-state index contributed by atoms with van der Waals surface area (Å²) in [5, 5.41) is 3.22. The molecule has 0 amide bonds. The lowest BCUT2D eigenvalue weighted by molar-refractivity contribution is 0.447. The molecule has 2 rings (SSSR count). The van der Waals surface area contributed by atoms with Gasteiger partial charge in [-0.25, -0.2) is 14.4 Å². The highest BCUT2D eigenvalue weighted by Crippen LogP contribution is 2.34. The molecule has 0 radical (unpaired) electrons. The van der Waals surface area contributed by atoms with Crippen LogP contribution < -0.4 is 10.1 Å². The van der Waals surface area contributed by atoms with Gasteiger partial charge in [-0.2, -0.15) is 0 Å². The van der Waals surface area contributed by atoms with E-state index in [0.717, 1.165) is 23.5 Å². The van der Waals surface area contributed by atoms with Crippen molar-refractivity contribution in [3.63, 3.8) is 0 Å². The highest BCUT2D eigenvalue weighted by molar-refractivity contribution is 5.52. The van der Waals surface area contributed by atoms with Crippen LogP contribution in [0.15, 0.2) is 24.5 Å². The Morgan fingerprint density at radius 2 is 2.05 bits per heavy atom. The molecule has 5 heteroatoms. The van der Waals surface area contributed by atoms with Crippen LogP contribution in [0, 0.1) is 12.7 Å². The summed E-state index contributed by atoms with van der Waals surface area (Å²) in [6.45, 7) is 8.70. The SMILES string of the molecule is CCNc1ncnc(Oc2ccc(F)cc2C)c1C(C)C. The van der Waals surface area contributed by atoms with Crippen molar-refractivity contribution < 1.29 is 9.13 Å². The third kappa shape index (κ3) is 3.48. The first-order valence-electron chi connectivity index (χ1n) is 7.05. The van der Waals surface area contributed by atoms with E-state index in [9.17, 15) is 4.39 Å². The number of benzene rings is 1. The molecule has 0 aliphatic heterocycles. The molecule has 1 aromatic heterocycles. The minimum Gasteiger partial charge on any atom is -0.438 e. The Morgan fingerprint density at radius 1 is 1.29 bits per heavy atom. The zero-order chi connectivity index (χ0) is 15.4. The molecule has 21 heavy (non-hydrogen) atoms. The Kier molecular flexibility index (Phi) is 4.73. The van der Waals surface area contributed by atoms with Crippen molar-refractivity contribution in [3.8, 4) is 11.6 Å². The molecule has 1 aromatic carbocycles. The van der Waals surface area contributed by atoms with Crippen molar-refractivity contribution in [2.45, 2.75) is 33.6 Å². The van der Waals surface area contributed by atoms with Gasteiger partial charge in [-0.3, -0.25) is 0 Å². The van der Waals surface area contributed by atoms with E-state index in [-0.39, 0.29) is 11.7 Å². The highest BCUT2D eigenvalue weighted by atomic mass is 19.1. The third-order valence-electron chi connectivity index (χ3n) is 3.11. The van der Waals surface area contributed by atoms with Gasteiger partial charge in [-0.1, -0.05) is 13.8 Å². The zero-order valence-electron chi connectivity index (χ0n) is 12.8. The van der Waals surface area contributed by atoms with Gasteiger partial charge in [0, 0.05) is 6.54 Å². The Morgan fingerprint density at radius 3 is 2.67 bits per heavy atom. The van der Waals surface area contributed by atoms with Crippen molar-refractivity contribution in [1.82, 2.24) is 9.97 Å². The molecule has 0 bridgehead atoms. The summed E-state index contributed by atoms with van der Waals surface area (Å²) in [6.07, 6.45) is 1.47. The largest absolute Gasteiger partial charge is 0.438 e. The molecule has 1 heterocycles. The molecule has 0 aliphatic carbocycles. The average molecular weight is 289 g/mol. The summed E-state index contributed by atoms with van der Waals surface area (Å²) in [4.78, 5) is 8.50. The first-order valence-corrected chi connectivity index (χ1v) is 7.05. The van der Waals surface area contributed by atoms with Gasteiger partial charge in [0.1, 0.15) is 23.7 Å². The lowest BCUT2D eigenvalue weighted by Gasteiger charge is -2.17. The third-order valence-corrected chi connectivity index (χ3v) is 3.11. The fraction of sp³-hybridized carbons (Fsp3) is 0.375. The first kappa shape index (κ1) is 15.2. The van der Waals surface area contributed by atoms with E-state index >= 15 is 0 Å². The number of hydrogen-bond donors (Lipinski definition) is 1. The van der Waals surface area contributed by atoms with Crippen LogP contribution in [-0.4, -0.2) is 16.5 Å². The maximum Gasteiger partial charge on any atom is 0.227 e. The lowest BCUT2D eigenvalue weighted by atomic mass is 10.1. The molecular weight excluding hydrogens is 269 g/mol. The number of nitrogens with one attached hydrogen (secondary N) is 1. The summed E-state index contributed by atoms with van der Waals surface area (Å²) in [5.41, 5.74) is 1.65. The van der Waals surface area contributed by atoms with Crippen molar-refractivity contribution in [2.24, 2.45) is 0 Å². The molecule has 0 saturated carbocycles. The molecule has 4 nitrogen and oxygen atoms in total. The second-order valence-electron chi connectivity index (χ2n) is 5.14. The second-order valence-corrected chi connectivity index (χ2v) is 5.14. The molecule has 0 aliphatic rings. The predicted molar refractivity (Wildman–Crippen MR) is 81.5 cm³/mol. The number of anilines is 1. The number of rotatable bonds is 5. The molecule has 0 saturated heterocycles. The van der Waals surface area contributed by atoms with Crippen molar-refractivity contribution in [2.75, 3.05) is 11.9 Å². The van der Waals surface area contributed by atoms with Gasteiger partial charge >= 0.3 is 0 Å². The lowest BCUT2D eigenvalue weighted by Crippen LogP contribution is -2.07. The monoisotopic (exact) mass is 289 g/mol. The maximum absolute atomic E-state index is 13.2. The minimum atomic E-state index is -0.278. The Bertz CT molecular complexity index is 629. The van der Waals surface area contributed by atoms with E-state index in [4.69, 9.17) is 4.74 Å². The molecule has 1 N–H and O–H groups in total. The maximum atomic E-state index is 13.2. The number of nitrogens with zero attached hydrogens (tertiary/aromatic N) is 2. The van der Waals surface area contributed by atoms with Gasteiger partial charge in [0.2, 0.25) is 5.88 Å². The smallest absolute Gasteiger partial charge is 0.227 e. The minimum absolute atomic E-state index is 0.205. The number of aromatic nitrogens is 2. The van der Waals surface area contributed by atoms with E-state index in [1.54, 1.807) is 13.0 Å². The normalized spacial score (nSPS) is 10.8. The zero-order valence-corrected chi connectivity index (χ0v) is 12.8. The van der Waals surface area contributed by atoms with Crippen LogP contribution in [0.25, 0.3) is 0 Å². The van der Waals surface area contributed by atoms with E-state index in [1.807, 2.05) is 6.92 Å². The summed E-state index contributed by atoms with van der Waals surface area (Å²) in [7, 11) is 0. The Hall–Kier alpha value is -2.17. The summed E-state index contributed by atoms with van der Waals surface area (Å²) in [5.74, 6) is 1.80. The van der Waals surface area contributed by atoms with Gasteiger partial charge in [-0.15, -0.1) is 0 Å². The predicted octanol–water partition coefficient (Wildman–Crippen LogP) is 4.27. The number of halogens is 1. The standard InChI is InChI=1S/C16H20FN3O/c1-5-18-15-14(10(2)3)16(20-9-19-15)21-13-7-6-12(17)8-11(13)4/h6-10H,5H2,1-4H3,(H,18,19,20). The van der Waals surface area contributed by atoms with Crippen molar-refractivity contribution in [1.29, 1.82) is 0 Å². The summed E-state index contributed by atoms with van der Waals surface area (Å²) >= 11 is 0. The van der Waals surface area contributed by atoms with Crippen LogP contribution in [0.4, 0.5) is 10.2 Å². The van der Waals surface area contributed by atoms with Crippen LogP contribution in [0.5, 0.6) is 11.6 Å². The van der Waals surface area contributed by atoms with Gasteiger partial charge in [-0.05, 0) is 43.5 Å². The first-order chi connectivity index (χ1) is 10.0. The quantitative estimate of drug-likeness (QED) is 0.892. The number of hydrogen-bond acceptors (Lipinski definition) is 4. The molecular formula is C16H20FN3O. The van der Waals surface area contributed by atoms with E-state index in [2.05, 4.69) is 29.1 Å². The molecule has 0 atom stereocenters. The van der Waals surface area contributed by atoms with Crippen LogP contribution >= 0.6 is 0 Å². The van der Waals surface area contributed by atoms with Crippen LogP contribution in [0.3, 0.4) is 0 Å². The highest BCUT2D eigenvalue weighted by Gasteiger charge is 2.17. The van der Waals surface area contributed by atoms with Crippen LogP contribution in [0.1, 0.15) is 37.8 Å². The average Bonchev–Trinajstić information content (AvgIpc) is 2.42. The molecule has 0 fully saturated rings. The van der Waals surface area contributed by atoms with E-state index < -0.39 is 0 Å². The van der Waals surface area contributed by atoms with Gasteiger partial charge in [0.05, 0.1) is 5.56 Å². The molecule has 112 valence electrons. The fourth-order valence-electron chi connectivity index (χ4n) is 2.12. The van der Waals surface area contributed by atoms with E-state index in [1.165, 1.54) is 18.5 Å². The summed E-state index contributed by atoms with van der Waals surface area (Å²) in [6, 6.07) is 4.43. The Labute approximate surface area is 124 Å². The van der Waals surface area contributed by atoms with Crippen LogP contribution in [-0.2, 0) is 0 Å². The Balaban J connectivity index is 2.41. The molecule has 0 spiro atoms. The van der Waals surface area contributed by atoms with Crippen molar-refractivity contribution in [3.05, 3.63) is 41.5 Å².